The second kappa shape index (κ2) is 7.83. The monoisotopic (exact) mass is 440 g/mol. The fourth-order valence-electron chi connectivity index (χ4n) is 4.52. The highest BCUT2D eigenvalue weighted by molar-refractivity contribution is 5.84. The van der Waals surface area contributed by atoms with Crippen LogP contribution in [0, 0.1) is 0 Å². The largest absolute Gasteiger partial charge is 0.408 e. The zero-order chi connectivity index (χ0) is 22.5. The number of halogens is 3. The van der Waals surface area contributed by atoms with Gasteiger partial charge in [0.15, 0.2) is 11.5 Å². The zero-order valence-corrected chi connectivity index (χ0v) is 17.5. The van der Waals surface area contributed by atoms with Gasteiger partial charge in [0, 0.05) is 30.7 Å². The van der Waals surface area contributed by atoms with Crippen molar-refractivity contribution in [1.29, 1.82) is 0 Å². The van der Waals surface area contributed by atoms with E-state index >= 15 is 0 Å². The molecule has 2 atom stereocenters. The Morgan fingerprint density at radius 1 is 1.12 bits per heavy atom. The van der Waals surface area contributed by atoms with Crippen LogP contribution in [0.1, 0.15) is 30.5 Å². The van der Waals surface area contributed by atoms with Gasteiger partial charge in [-0.05, 0) is 36.1 Å². The van der Waals surface area contributed by atoms with Crippen molar-refractivity contribution in [3.05, 3.63) is 59.8 Å². The minimum Gasteiger partial charge on any atom is -0.326 e. The molecular weight excluding hydrogens is 417 g/mol. The summed E-state index contributed by atoms with van der Waals surface area (Å²) in [6.07, 6.45) is -1.58. The summed E-state index contributed by atoms with van der Waals surface area (Å²) in [7, 11) is 0. The Labute approximate surface area is 182 Å². The molecule has 2 N–H and O–H groups in total. The minimum absolute atomic E-state index is 0.134. The van der Waals surface area contributed by atoms with E-state index in [1.54, 1.807) is 10.5 Å². The van der Waals surface area contributed by atoms with Gasteiger partial charge in [-0.1, -0.05) is 37.3 Å². The first-order chi connectivity index (χ1) is 15.3. The summed E-state index contributed by atoms with van der Waals surface area (Å²) in [6.45, 7) is 2.58. The third-order valence-electron chi connectivity index (χ3n) is 6.09. The number of fused-ring (bicyclic) bond motifs is 2. The Morgan fingerprint density at radius 2 is 1.97 bits per heavy atom. The highest BCUT2D eigenvalue weighted by Crippen LogP contribution is 2.39. The highest BCUT2D eigenvalue weighted by Gasteiger charge is 2.46. The molecule has 0 radical (unpaired) electrons. The number of alkyl halides is 3. The standard InChI is InChI=1S/C23H23F3N6/c1-2-14-4-3-5-15-6-8-18(28-20(14)15)22-30-29-19-9-7-16(12-32(19)22)21(23(24,25)26)31-11-10-17(27)13-31/h3-9,12,17,21H,2,10-11,13,27H2,1H3/t17?,21-/m1/s1. The maximum absolute atomic E-state index is 14.1. The molecule has 32 heavy (non-hydrogen) atoms. The number of likely N-dealkylation sites (tertiary alicyclic amines) is 1. The molecule has 9 heteroatoms. The Hall–Kier alpha value is -3.04. The Bertz CT molecular complexity index is 1280. The molecule has 1 aliphatic rings. The van der Waals surface area contributed by atoms with Crippen LogP contribution >= 0.6 is 0 Å². The van der Waals surface area contributed by atoms with Crippen LogP contribution in [0.5, 0.6) is 0 Å². The number of aromatic nitrogens is 4. The van der Waals surface area contributed by atoms with Crippen molar-refractivity contribution in [2.45, 2.75) is 38.0 Å². The van der Waals surface area contributed by atoms with Crippen LogP contribution in [0.25, 0.3) is 28.1 Å². The first kappa shape index (κ1) is 20.8. The molecule has 6 nitrogen and oxygen atoms in total. The van der Waals surface area contributed by atoms with Gasteiger partial charge in [0.2, 0.25) is 0 Å². The number of rotatable bonds is 4. The van der Waals surface area contributed by atoms with E-state index in [0.29, 0.717) is 30.1 Å². The number of hydrogen-bond acceptors (Lipinski definition) is 5. The Kier molecular flexibility index (Phi) is 5.10. The Balaban J connectivity index is 1.62. The van der Waals surface area contributed by atoms with Crippen LogP contribution < -0.4 is 5.73 Å². The molecular formula is C23H23F3N6. The lowest BCUT2D eigenvalue weighted by Gasteiger charge is -2.30. The molecule has 1 unspecified atom stereocenters. The molecule has 4 heterocycles. The van der Waals surface area contributed by atoms with Gasteiger partial charge >= 0.3 is 6.18 Å². The SMILES string of the molecule is CCc1cccc2ccc(-c3nnc4ccc([C@@H](N5CCC(N)C5)C(F)(F)F)cn34)nc12. The molecule has 5 rings (SSSR count). The van der Waals surface area contributed by atoms with Crippen molar-refractivity contribution in [2.75, 3.05) is 13.1 Å². The lowest BCUT2D eigenvalue weighted by molar-refractivity contribution is -0.183. The predicted octanol–water partition coefficient (Wildman–Crippen LogP) is 4.14. The van der Waals surface area contributed by atoms with Crippen LogP contribution in [0.3, 0.4) is 0 Å². The molecule has 3 aromatic heterocycles. The van der Waals surface area contributed by atoms with Gasteiger partial charge < -0.3 is 5.73 Å². The fourth-order valence-corrected chi connectivity index (χ4v) is 4.52. The molecule has 1 fully saturated rings. The maximum atomic E-state index is 14.1. The van der Waals surface area contributed by atoms with Gasteiger partial charge in [0.25, 0.3) is 0 Å². The van der Waals surface area contributed by atoms with E-state index in [1.807, 2.05) is 30.3 Å². The van der Waals surface area contributed by atoms with E-state index in [9.17, 15) is 13.2 Å². The van der Waals surface area contributed by atoms with E-state index in [-0.39, 0.29) is 18.2 Å². The molecule has 4 aromatic rings. The number of aryl methyl sites for hydroxylation is 1. The summed E-state index contributed by atoms with van der Waals surface area (Å²) in [5.74, 6) is 0.411. The van der Waals surface area contributed by atoms with Crippen molar-refractivity contribution in [3.63, 3.8) is 0 Å². The number of para-hydroxylation sites is 1. The van der Waals surface area contributed by atoms with Crippen LogP contribution in [0.4, 0.5) is 13.2 Å². The molecule has 0 amide bonds. The van der Waals surface area contributed by atoms with E-state index in [4.69, 9.17) is 10.7 Å². The van der Waals surface area contributed by atoms with Crippen molar-refractivity contribution in [3.8, 4) is 11.5 Å². The second-order valence-electron chi connectivity index (χ2n) is 8.24. The molecule has 1 aromatic carbocycles. The van der Waals surface area contributed by atoms with Gasteiger partial charge in [-0.3, -0.25) is 9.30 Å². The lowest BCUT2D eigenvalue weighted by Crippen LogP contribution is -2.38. The third-order valence-corrected chi connectivity index (χ3v) is 6.09. The molecule has 0 aliphatic carbocycles. The number of hydrogen-bond donors (Lipinski definition) is 1. The second-order valence-corrected chi connectivity index (χ2v) is 8.24. The predicted molar refractivity (Wildman–Crippen MR) is 116 cm³/mol. The number of benzene rings is 1. The smallest absolute Gasteiger partial charge is 0.326 e. The van der Waals surface area contributed by atoms with Crippen molar-refractivity contribution in [2.24, 2.45) is 5.73 Å². The first-order valence-corrected chi connectivity index (χ1v) is 10.6. The lowest BCUT2D eigenvalue weighted by atomic mass is 10.1. The van der Waals surface area contributed by atoms with E-state index in [2.05, 4.69) is 17.1 Å². The summed E-state index contributed by atoms with van der Waals surface area (Å²) in [6, 6.07) is 10.8. The summed E-state index contributed by atoms with van der Waals surface area (Å²) < 4.78 is 43.8. The molecule has 1 saturated heterocycles. The summed E-state index contributed by atoms with van der Waals surface area (Å²) in [4.78, 5) is 6.18. The van der Waals surface area contributed by atoms with Crippen molar-refractivity contribution >= 4 is 16.6 Å². The number of nitrogens with zero attached hydrogens (tertiary/aromatic N) is 5. The van der Waals surface area contributed by atoms with Crippen molar-refractivity contribution in [1.82, 2.24) is 24.5 Å². The number of nitrogens with two attached hydrogens (primary N) is 1. The summed E-state index contributed by atoms with van der Waals surface area (Å²) in [5, 5.41) is 9.39. The highest BCUT2D eigenvalue weighted by atomic mass is 19.4. The average molecular weight is 440 g/mol. The van der Waals surface area contributed by atoms with Crippen LogP contribution in [0.2, 0.25) is 0 Å². The quantitative estimate of drug-likeness (QED) is 0.516. The fraction of sp³-hybridized carbons (Fsp3) is 0.348. The van der Waals surface area contributed by atoms with Gasteiger partial charge in [0.05, 0.1) is 5.52 Å². The Morgan fingerprint density at radius 3 is 2.69 bits per heavy atom. The van der Waals surface area contributed by atoms with Gasteiger partial charge in [-0.25, -0.2) is 4.98 Å². The van der Waals surface area contributed by atoms with Crippen LogP contribution in [-0.4, -0.2) is 49.8 Å². The van der Waals surface area contributed by atoms with E-state index in [0.717, 1.165) is 22.9 Å². The van der Waals surface area contributed by atoms with Gasteiger partial charge in [-0.15, -0.1) is 10.2 Å². The number of pyridine rings is 2. The molecule has 166 valence electrons. The van der Waals surface area contributed by atoms with E-state index in [1.165, 1.54) is 17.2 Å². The van der Waals surface area contributed by atoms with Gasteiger partial charge in [-0.2, -0.15) is 13.2 Å². The minimum atomic E-state index is -4.43. The molecule has 0 saturated carbocycles. The van der Waals surface area contributed by atoms with E-state index < -0.39 is 12.2 Å². The zero-order valence-electron chi connectivity index (χ0n) is 17.5. The average Bonchev–Trinajstić information content (AvgIpc) is 3.38. The maximum Gasteiger partial charge on any atom is 0.408 e. The van der Waals surface area contributed by atoms with Crippen LogP contribution in [-0.2, 0) is 6.42 Å². The van der Waals surface area contributed by atoms with Gasteiger partial charge in [0.1, 0.15) is 11.7 Å². The molecule has 0 bridgehead atoms. The molecule has 1 aliphatic heterocycles. The molecule has 0 spiro atoms. The third kappa shape index (κ3) is 3.61. The normalized spacial score (nSPS) is 18.6. The van der Waals surface area contributed by atoms with Crippen LogP contribution in [0.15, 0.2) is 48.7 Å². The topological polar surface area (TPSA) is 72.3 Å². The van der Waals surface area contributed by atoms with Crippen molar-refractivity contribution < 1.29 is 13.2 Å². The summed E-state index contributed by atoms with van der Waals surface area (Å²) in [5.41, 5.74) is 9.01. The first-order valence-electron chi connectivity index (χ1n) is 10.6. The summed E-state index contributed by atoms with van der Waals surface area (Å²) >= 11 is 0.